The van der Waals surface area contributed by atoms with E-state index in [4.69, 9.17) is 0 Å². The molecule has 0 saturated heterocycles. The predicted octanol–water partition coefficient (Wildman–Crippen LogP) is 4.90. The van der Waals surface area contributed by atoms with Crippen molar-refractivity contribution < 1.29 is 4.79 Å². The van der Waals surface area contributed by atoms with Crippen molar-refractivity contribution >= 4 is 51.7 Å². The molecule has 3 rings (SSSR count). The van der Waals surface area contributed by atoms with Crippen molar-refractivity contribution in [3.05, 3.63) is 49.8 Å². The molecule has 3 heterocycles. The Balaban J connectivity index is 1.48. The Hall–Kier alpha value is -1.15. The molecule has 3 aromatic rings. The van der Waals surface area contributed by atoms with Gasteiger partial charge in [0.25, 0.3) is 5.91 Å². The minimum absolute atomic E-state index is 0.0156. The summed E-state index contributed by atoms with van der Waals surface area (Å²) in [7, 11) is 0. The highest BCUT2D eigenvalue weighted by Crippen LogP contribution is 2.29. The molecule has 0 spiro atoms. The van der Waals surface area contributed by atoms with Gasteiger partial charge in [0, 0.05) is 33.9 Å². The summed E-state index contributed by atoms with van der Waals surface area (Å²) in [6.45, 7) is 2.58. The first-order chi connectivity index (χ1) is 11.2. The Morgan fingerprint density at radius 1 is 1.35 bits per heavy atom. The summed E-state index contributed by atoms with van der Waals surface area (Å²) in [4.78, 5) is 18.9. The number of nitrogens with zero attached hydrogens (tertiary/aromatic N) is 1. The smallest absolute Gasteiger partial charge is 0.263 e. The highest BCUT2D eigenvalue weighted by molar-refractivity contribution is 7.98. The molecule has 3 aromatic heterocycles. The number of thioether (sulfide) groups is 1. The maximum atomic E-state index is 12.3. The first-order valence-electron chi connectivity index (χ1n) is 7.12. The normalized spacial score (nSPS) is 10.8. The number of aromatic nitrogens is 1. The summed E-state index contributed by atoms with van der Waals surface area (Å²) in [6.07, 6.45) is 0. The molecule has 120 valence electrons. The first-order valence-corrected chi connectivity index (χ1v) is 10.9. The number of hydrogen-bond acceptors (Lipinski definition) is 6. The third-order valence-corrected chi connectivity index (χ3v) is 7.08. The molecule has 0 saturated carbocycles. The van der Waals surface area contributed by atoms with E-state index in [-0.39, 0.29) is 5.91 Å². The molecule has 0 aliphatic heterocycles. The van der Waals surface area contributed by atoms with Gasteiger partial charge in [0.1, 0.15) is 9.88 Å². The highest BCUT2D eigenvalue weighted by Gasteiger charge is 2.15. The SMILES string of the molecule is Cc1nc(-c2ccsc2)sc1C(=O)NCCSCc1cccs1. The van der Waals surface area contributed by atoms with Gasteiger partial charge < -0.3 is 5.32 Å². The molecule has 3 nitrogen and oxygen atoms in total. The minimum Gasteiger partial charge on any atom is -0.350 e. The maximum Gasteiger partial charge on any atom is 0.263 e. The van der Waals surface area contributed by atoms with Gasteiger partial charge >= 0.3 is 0 Å². The fraction of sp³-hybridized carbons (Fsp3) is 0.250. The summed E-state index contributed by atoms with van der Waals surface area (Å²) >= 11 is 6.72. The summed E-state index contributed by atoms with van der Waals surface area (Å²) in [5.74, 6) is 1.91. The number of carbonyl (C=O) groups excluding carboxylic acids is 1. The molecule has 0 bridgehead atoms. The number of carbonyl (C=O) groups is 1. The Morgan fingerprint density at radius 3 is 3.00 bits per heavy atom. The molecule has 7 heteroatoms. The third kappa shape index (κ3) is 4.44. The highest BCUT2D eigenvalue weighted by atomic mass is 32.2. The zero-order valence-electron chi connectivity index (χ0n) is 12.6. The van der Waals surface area contributed by atoms with Crippen LogP contribution in [0.3, 0.4) is 0 Å². The molecule has 0 radical (unpaired) electrons. The van der Waals surface area contributed by atoms with Crippen LogP contribution in [0.5, 0.6) is 0 Å². The molecule has 1 amide bonds. The summed E-state index contributed by atoms with van der Waals surface area (Å²) in [5, 5.41) is 10.1. The second-order valence-electron chi connectivity index (χ2n) is 4.83. The lowest BCUT2D eigenvalue weighted by atomic mass is 10.3. The first kappa shape index (κ1) is 16.7. The van der Waals surface area contributed by atoms with Crippen LogP contribution < -0.4 is 5.32 Å². The van der Waals surface area contributed by atoms with Crippen LogP contribution >= 0.6 is 45.8 Å². The lowest BCUT2D eigenvalue weighted by molar-refractivity contribution is 0.0959. The lowest BCUT2D eigenvalue weighted by Crippen LogP contribution is -2.25. The molecule has 0 fully saturated rings. The van der Waals surface area contributed by atoms with Gasteiger partial charge in [0.2, 0.25) is 0 Å². The van der Waals surface area contributed by atoms with Crippen LogP contribution in [0.2, 0.25) is 0 Å². The van der Waals surface area contributed by atoms with Crippen LogP contribution in [-0.2, 0) is 5.75 Å². The Morgan fingerprint density at radius 2 is 2.26 bits per heavy atom. The monoisotopic (exact) mass is 380 g/mol. The van der Waals surface area contributed by atoms with E-state index in [0.29, 0.717) is 6.54 Å². The Labute approximate surface area is 151 Å². The van der Waals surface area contributed by atoms with E-state index in [0.717, 1.165) is 32.6 Å². The third-order valence-electron chi connectivity index (χ3n) is 3.13. The molecule has 0 aliphatic carbocycles. The van der Waals surface area contributed by atoms with Gasteiger partial charge in [0.15, 0.2) is 0 Å². The molecular weight excluding hydrogens is 364 g/mol. The van der Waals surface area contributed by atoms with Crippen LogP contribution in [0.15, 0.2) is 34.3 Å². The van der Waals surface area contributed by atoms with E-state index < -0.39 is 0 Å². The van der Waals surface area contributed by atoms with E-state index in [9.17, 15) is 4.79 Å². The number of hydrogen-bond donors (Lipinski definition) is 1. The van der Waals surface area contributed by atoms with Crippen LogP contribution in [0.25, 0.3) is 10.6 Å². The molecule has 1 N–H and O–H groups in total. The van der Waals surface area contributed by atoms with Crippen LogP contribution in [0.4, 0.5) is 0 Å². The van der Waals surface area contributed by atoms with Gasteiger partial charge in [-0.2, -0.15) is 23.1 Å². The Kier molecular flexibility index (Phi) is 5.88. The van der Waals surface area contributed by atoms with E-state index in [1.807, 2.05) is 30.1 Å². The summed E-state index contributed by atoms with van der Waals surface area (Å²) in [5.41, 5.74) is 1.90. The number of rotatable bonds is 7. The van der Waals surface area contributed by atoms with Crippen LogP contribution in [0, 0.1) is 6.92 Å². The zero-order chi connectivity index (χ0) is 16.1. The fourth-order valence-electron chi connectivity index (χ4n) is 2.00. The van der Waals surface area contributed by atoms with Crippen LogP contribution in [0.1, 0.15) is 20.2 Å². The van der Waals surface area contributed by atoms with Gasteiger partial charge in [-0.05, 0) is 29.8 Å². The summed E-state index contributed by atoms with van der Waals surface area (Å²) in [6, 6.07) is 6.24. The van der Waals surface area contributed by atoms with Crippen molar-refractivity contribution in [2.45, 2.75) is 12.7 Å². The van der Waals surface area contributed by atoms with Crippen molar-refractivity contribution in [3.8, 4) is 10.6 Å². The van der Waals surface area contributed by atoms with Gasteiger partial charge in [-0.1, -0.05) is 6.07 Å². The van der Waals surface area contributed by atoms with Gasteiger partial charge in [0.05, 0.1) is 5.69 Å². The number of thiophene rings is 2. The van der Waals surface area contributed by atoms with Gasteiger partial charge in [-0.15, -0.1) is 22.7 Å². The van der Waals surface area contributed by atoms with Crippen molar-refractivity contribution in [1.29, 1.82) is 0 Å². The van der Waals surface area contributed by atoms with Crippen molar-refractivity contribution in [2.75, 3.05) is 12.3 Å². The van der Waals surface area contributed by atoms with Crippen LogP contribution in [-0.4, -0.2) is 23.2 Å². The average Bonchev–Trinajstić information content (AvgIpc) is 3.28. The largest absolute Gasteiger partial charge is 0.350 e. The predicted molar refractivity (Wildman–Crippen MR) is 103 cm³/mol. The van der Waals surface area contributed by atoms with E-state index in [1.54, 1.807) is 22.7 Å². The van der Waals surface area contributed by atoms with Crippen molar-refractivity contribution in [2.24, 2.45) is 0 Å². The Bertz CT molecular complexity index is 747. The fourth-order valence-corrected chi connectivity index (χ4v) is 5.39. The minimum atomic E-state index is -0.0156. The van der Waals surface area contributed by atoms with E-state index >= 15 is 0 Å². The standard InChI is InChI=1S/C16H16N2OS4/c1-11-14(23-16(18-11)12-4-7-20-9-12)15(19)17-5-8-21-10-13-3-2-6-22-13/h2-4,6-7,9H,5,8,10H2,1H3,(H,17,19). The average molecular weight is 381 g/mol. The molecule has 0 atom stereocenters. The maximum absolute atomic E-state index is 12.3. The molecule has 0 aromatic carbocycles. The molecule has 0 unspecified atom stereocenters. The zero-order valence-corrected chi connectivity index (χ0v) is 15.8. The second-order valence-corrected chi connectivity index (χ2v) is 8.75. The second kappa shape index (κ2) is 8.10. The molecule has 0 aliphatic rings. The van der Waals surface area contributed by atoms with E-state index in [1.165, 1.54) is 16.2 Å². The lowest BCUT2D eigenvalue weighted by Gasteiger charge is -2.03. The number of aryl methyl sites for hydroxylation is 1. The number of amides is 1. The molecular formula is C16H16N2OS4. The number of nitrogens with one attached hydrogen (secondary N) is 1. The van der Waals surface area contributed by atoms with Crippen molar-refractivity contribution in [3.63, 3.8) is 0 Å². The number of thiazole rings is 1. The van der Waals surface area contributed by atoms with Gasteiger partial charge in [-0.3, -0.25) is 4.79 Å². The van der Waals surface area contributed by atoms with Gasteiger partial charge in [-0.25, -0.2) is 4.98 Å². The quantitative estimate of drug-likeness (QED) is 0.593. The summed E-state index contributed by atoms with van der Waals surface area (Å²) < 4.78 is 0. The van der Waals surface area contributed by atoms with E-state index in [2.05, 4.69) is 33.2 Å². The van der Waals surface area contributed by atoms with Crippen molar-refractivity contribution in [1.82, 2.24) is 10.3 Å². The topological polar surface area (TPSA) is 42.0 Å². The molecule has 23 heavy (non-hydrogen) atoms.